The Bertz CT molecular complexity index is 412. The van der Waals surface area contributed by atoms with Crippen molar-refractivity contribution in [1.29, 1.82) is 0 Å². The molecule has 0 saturated heterocycles. The number of carbonyl (C=O) groups is 1. The van der Waals surface area contributed by atoms with Crippen LogP contribution in [0.3, 0.4) is 0 Å². The van der Waals surface area contributed by atoms with Crippen molar-refractivity contribution in [1.82, 2.24) is 4.98 Å². The van der Waals surface area contributed by atoms with Gasteiger partial charge in [-0.15, -0.1) is 0 Å². The van der Waals surface area contributed by atoms with E-state index < -0.39 is 0 Å². The van der Waals surface area contributed by atoms with Gasteiger partial charge in [-0.25, -0.2) is 4.79 Å². The number of aromatic amines is 1. The molecule has 0 atom stereocenters. The summed E-state index contributed by atoms with van der Waals surface area (Å²) in [7, 11) is 1.37. The fourth-order valence-corrected chi connectivity index (χ4v) is 1.29. The molecule has 1 heterocycles. The van der Waals surface area contributed by atoms with Crippen LogP contribution in [0, 0.1) is 0 Å². The van der Waals surface area contributed by atoms with Gasteiger partial charge in [0.1, 0.15) is 5.69 Å². The largest absolute Gasteiger partial charge is 0.464 e. The van der Waals surface area contributed by atoms with Crippen LogP contribution in [0.15, 0.2) is 30.3 Å². The number of nitrogens with one attached hydrogen (secondary N) is 1. The monoisotopic (exact) mass is 191 g/mol. The highest BCUT2D eigenvalue weighted by atomic mass is 16.5. The Balaban J connectivity index is 0.000000980. The molecule has 0 saturated carbocycles. The number of fused-ring (bicyclic) bond motifs is 1. The molecule has 0 aliphatic heterocycles. The molecular formula is C11H13NO2. The van der Waals surface area contributed by atoms with Gasteiger partial charge in [0.05, 0.1) is 7.11 Å². The summed E-state index contributed by atoms with van der Waals surface area (Å²) < 4.78 is 4.60. The number of carbonyl (C=O) groups excluding carboxylic acids is 1. The van der Waals surface area contributed by atoms with E-state index in [2.05, 4.69) is 9.72 Å². The van der Waals surface area contributed by atoms with E-state index in [0.717, 1.165) is 10.9 Å². The van der Waals surface area contributed by atoms with Crippen molar-refractivity contribution in [2.45, 2.75) is 7.43 Å². The lowest BCUT2D eigenvalue weighted by molar-refractivity contribution is 0.0595. The topological polar surface area (TPSA) is 42.1 Å². The number of hydrogen-bond acceptors (Lipinski definition) is 2. The summed E-state index contributed by atoms with van der Waals surface area (Å²) in [4.78, 5) is 14.1. The summed E-state index contributed by atoms with van der Waals surface area (Å²) in [6.45, 7) is 0. The number of benzene rings is 1. The number of rotatable bonds is 1. The lowest BCUT2D eigenvalue weighted by Crippen LogP contribution is -2.00. The van der Waals surface area contributed by atoms with Gasteiger partial charge in [-0.2, -0.15) is 0 Å². The Hall–Kier alpha value is -1.77. The molecule has 0 unspecified atom stereocenters. The molecule has 0 fully saturated rings. The first kappa shape index (κ1) is 10.3. The maximum Gasteiger partial charge on any atom is 0.354 e. The van der Waals surface area contributed by atoms with Crippen LogP contribution in [-0.2, 0) is 4.74 Å². The number of H-pyrrole nitrogens is 1. The van der Waals surface area contributed by atoms with E-state index in [9.17, 15) is 4.79 Å². The van der Waals surface area contributed by atoms with E-state index in [0.29, 0.717) is 5.69 Å². The molecule has 0 bridgehead atoms. The first-order valence-electron chi connectivity index (χ1n) is 3.97. The van der Waals surface area contributed by atoms with E-state index in [1.165, 1.54) is 7.11 Å². The molecule has 0 radical (unpaired) electrons. The Morgan fingerprint density at radius 1 is 1.36 bits per heavy atom. The van der Waals surface area contributed by atoms with Gasteiger partial charge in [-0.1, -0.05) is 25.6 Å². The number of methoxy groups -OCH3 is 1. The summed E-state index contributed by atoms with van der Waals surface area (Å²) in [5.74, 6) is -0.337. The van der Waals surface area contributed by atoms with Gasteiger partial charge >= 0.3 is 5.97 Å². The predicted octanol–water partition coefficient (Wildman–Crippen LogP) is 2.59. The van der Waals surface area contributed by atoms with Gasteiger partial charge in [0.15, 0.2) is 0 Å². The van der Waals surface area contributed by atoms with Crippen LogP contribution in [0.4, 0.5) is 0 Å². The summed E-state index contributed by atoms with van der Waals surface area (Å²) in [6, 6.07) is 9.48. The Morgan fingerprint density at radius 2 is 2.07 bits per heavy atom. The molecule has 74 valence electrons. The van der Waals surface area contributed by atoms with Crippen molar-refractivity contribution in [3.63, 3.8) is 0 Å². The van der Waals surface area contributed by atoms with Gasteiger partial charge < -0.3 is 9.72 Å². The number of ether oxygens (including phenoxy) is 1. The van der Waals surface area contributed by atoms with Gasteiger partial charge in [-0.05, 0) is 12.1 Å². The number of aromatic nitrogens is 1. The molecule has 0 amide bonds. The molecule has 2 aromatic rings. The SMILES string of the molecule is C.COC(=O)c1cc2ccccc2[nH]1. The average Bonchev–Trinajstić information content (AvgIpc) is 2.59. The smallest absolute Gasteiger partial charge is 0.354 e. The molecular weight excluding hydrogens is 178 g/mol. The van der Waals surface area contributed by atoms with Crippen LogP contribution in [0.2, 0.25) is 0 Å². The third kappa shape index (κ3) is 1.62. The zero-order valence-electron chi connectivity index (χ0n) is 7.20. The van der Waals surface area contributed by atoms with Crippen molar-refractivity contribution in [3.05, 3.63) is 36.0 Å². The van der Waals surface area contributed by atoms with E-state index in [4.69, 9.17) is 0 Å². The standard InChI is InChI=1S/C10H9NO2.CH4/c1-13-10(12)9-6-7-4-2-3-5-8(7)11-9;/h2-6,11H,1H3;1H4. The predicted molar refractivity (Wildman–Crippen MR) is 56.4 cm³/mol. The van der Waals surface area contributed by atoms with E-state index in [1.807, 2.05) is 24.3 Å². The van der Waals surface area contributed by atoms with E-state index in [1.54, 1.807) is 6.07 Å². The van der Waals surface area contributed by atoms with Crippen LogP contribution in [0.1, 0.15) is 17.9 Å². The summed E-state index contributed by atoms with van der Waals surface area (Å²) in [5, 5.41) is 1.02. The highest BCUT2D eigenvalue weighted by Crippen LogP contribution is 2.14. The van der Waals surface area contributed by atoms with Crippen LogP contribution >= 0.6 is 0 Å². The van der Waals surface area contributed by atoms with Gasteiger partial charge in [0.2, 0.25) is 0 Å². The highest BCUT2D eigenvalue weighted by Gasteiger charge is 2.07. The van der Waals surface area contributed by atoms with E-state index >= 15 is 0 Å². The average molecular weight is 191 g/mol. The second-order valence-corrected chi connectivity index (χ2v) is 2.76. The van der Waals surface area contributed by atoms with Gasteiger partial charge in [0, 0.05) is 10.9 Å². The molecule has 1 N–H and O–H groups in total. The van der Waals surface area contributed by atoms with Crippen molar-refractivity contribution in [2.75, 3.05) is 7.11 Å². The molecule has 0 aliphatic rings. The minimum absolute atomic E-state index is 0. The van der Waals surface area contributed by atoms with Gasteiger partial charge in [-0.3, -0.25) is 0 Å². The van der Waals surface area contributed by atoms with Crippen LogP contribution in [0.5, 0.6) is 0 Å². The normalized spacial score (nSPS) is 9.50. The maximum atomic E-state index is 11.1. The van der Waals surface area contributed by atoms with Crippen molar-refractivity contribution < 1.29 is 9.53 Å². The van der Waals surface area contributed by atoms with Gasteiger partial charge in [0.25, 0.3) is 0 Å². The zero-order chi connectivity index (χ0) is 9.26. The van der Waals surface area contributed by atoms with Crippen LogP contribution < -0.4 is 0 Å². The molecule has 3 heteroatoms. The van der Waals surface area contributed by atoms with Crippen LogP contribution in [-0.4, -0.2) is 18.1 Å². The quantitative estimate of drug-likeness (QED) is 0.704. The first-order valence-corrected chi connectivity index (χ1v) is 3.97. The molecule has 0 aliphatic carbocycles. The molecule has 1 aromatic carbocycles. The van der Waals surface area contributed by atoms with Crippen molar-refractivity contribution in [2.24, 2.45) is 0 Å². The minimum atomic E-state index is -0.337. The number of esters is 1. The first-order chi connectivity index (χ1) is 6.31. The van der Waals surface area contributed by atoms with E-state index in [-0.39, 0.29) is 13.4 Å². The van der Waals surface area contributed by atoms with Crippen molar-refractivity contribution in [3.8, 4) is 0 Å². The third-order valence-electron chi connectivity index (χ3n) is 1.94. The van der Waals surface area contributed by atoms with Crippen molar-refractivity contribution >= 4 is 16.9 Å². The molecule has 0 spiro atoms. The third-order valence-corrected chi connectivity index (χ3v) is 1.94. The maximum absolute atomic E-state index is 11.1. The number of para-hydroxylation sites is 1. The lowest BCUT2D eigenvalue weighted by atomic mass is 10.2. The second kappa shape index (κ2) is 3.96. The fraction of sp³-hybridized carbons (Fsp3) is 0.182. The highest BCUT2D eigenvalue weighted by molar-refractivity contribution is 5.94. The van der Waals surface area contributed by atoms with Crippen LogP contribution in [0.25, 0.3) is 10.9 Å². The second-order valence-electron chi connectivity index (χ2n) is 2.76. The molecule has 14 heavy (non-hydrogen) atoms. The molecule has 3 nitrogen and oxygen atoms in total. The summed E-state index contributed by atoms with van der Waals surface area (Å²) in [6.07, 6.45) is 0. The summed E-state index contributed by atoms with van der Waals surface area (Å²) >= 11 is 0. The Kier molecular flexibility index (Phi) is 2.92. The Labute approximate surface area is 82.7 Å². The molecule has 1 aromatic heterocycles. The molecule has 2 rings (SSSR count). The summed E-state index contributed by atoms with van der Waals surface area (Å²) in [5.41, 5.74) is 1.44. The Morgan fingerprint density at radius 3 is 2.71 bits per heavy atom. The number of hydrogen-bond donors (Lipinski definition) is 1. The lowest BCUT2D eigenvalue weighted by Gasteiger charge is -1.91. The fourth-order valence-electron chi connectivity index (χ4n) is 1.29. The minimum Gasteiger partial charge on any atom is -0.464 e. The zero-order valence-corrected chi connectivity index (χ0v) is 7.20.